The summed E-state index contributed by atoms with van der Waals surface area (Å²) >= 11 is 0. The SMILES string of the molecule is C1=CCCCCCC1.CC=CCCCC(CC/C=C/CCCCCC/C=C/CCCC(CCC=CC)N=[N+]=[N-])OCCOCCO.OCCOCCOC1CC/C=C\CCC1.[N-]=[N+]=NC1CC/C=C\CCC1. The highest BCUT2D eigenvalue weighted by molar-refractivity contribution is 4.88. The van der Waals surface area contributed by atoms with E-state index in [4.69, 9.17) is 40.2 Å². The number of azide groups is 2. The summed E-state index contributed by atoms with van der Waals surface area (Å²) in [6.07, 6.45) is 69.6. The first-order valence-electron chi connectivity index (χ1n) is 28.8. The Morgan fingerprint density at radius 3 is 1.65 bits per heavy atom. The van der Waals surface area contributed by atoms with Crippen molar-refractivity contribution in [2.75, 3.05) is 52.9 Å². The summed E-state index contributed by atoms with van der Waals surface area (Å²) in [5.41, 5.74) is 16.9. The van der Waals surface area contributed by atoms with Crippen molar-refractivity contribution in [1.29, 1.82) is 0 Å². The minimum atomic E-state index is 0.0646. The second-order valence-electron chi connectivity index (χ2n) is 18.9. The van der Waals surface area contributed by atoms with Gasteiger partial charge in [0.15, 0.2) is 0 Å². The fourth-order valence-corrected chi connectivity index (χ4v) is 8.45. The molecule has 412 valence electrons. The van der Waals surface area contributed by atoms with E-state index in [0.29, 0.717) is 45.7 Å². The van der Waals surface area contributed by atoms with Crippen molar-refractivity contribution in [3.63, 3.8) is 0 Å². The van der Waals surface area contributed by atoms with Crippen molar-refractivity contribution in [2.24, 2.45) is 10.2 Å². The number of aliphatic hydroxyl groups excluding tert-OH is 2. The lowest BCUT2D eigenvalue weighted by molar-refractivity contribution is -0.00886. The molecule has 12 heteroatoms. The Hall–Kier alpha value is -3.44. The molecule has 0 bridgehead atoms. The molecule has 0 saturated heterocycles. The van der Waals surface area contributed by atoms with Crippen LogP contribution in [-0.4, -0.2) is 87.4 Å². The summed E-state index contributed by atoms with van der Waals surface area (Å²) in [4.78, 5) is 5.83. The van der Waals surface area contributed by atoms with Gasteiger partial charge in [0.05, 0.1) is 65.1 Å². The Morgan fingerprint density at radius 1 is 0.500 bits per heavy atom. The highest BCUT2D eigenvalue weighted by atomic mass is 16.5. The van der Waals surface area contributed by atoms with E-state index < -0.39 is 0 Å². The number of hydrogen-bond donors (Lipinski definition) is 2. The summed E-state index contributed by atoms with van der Waals surface area (Å²) in [7, 11) is 0. The Kier molecular flexibility index (Phi) is 57.2. The van der Waals surface area contributed by atoms with Crippen molar-refractivity contribution < 1.29 is 29.2 Å². The molecule has 72 heavy (non-hydrogen) atoms. The number of unbranched alkanes of at least 4 members (excludes halogenated alkanes) is 7. The van der Waals surface area contributed by atoms with Crippen molar-refractivity contribution in [2.45, 2.75) is 244 Å². The molecule has 3 rings (SSSR count). The number of rotatable bonds is 35. The second kappa shape index (κ2) is 60.1. The van der Waals surface area contributed by atoms with Crippen LogP contribution in [0.2, 0.25) is 0 Å². The average Bonchev–Trinajstić information content (AvgIpc) is 3.35. The van der Waals surface area contributed by atoms with Crippen molar-refractivity contribution in [3.8, 4) is 0 Å². The first kappa shape index (κ1) is 68.6. The van der Waals surface area contributed by atoms with Gasteiger partial charge < -0.3 is 29.2 Å². The number of nitrogens with zero attached hydrogens (tertiary/aromatic N) is 6. The second-order valence-corrected chi connectivity index (χ2v) is 18.9. The van der Waals surface area contributed by atoms with Gasteiger partial charge in [-0.2, -0.15) is 0 Å². The lowest BCUT2D eigenvalue weighted by Gasteiger charge is -2.18. The van der Waals surface area contributed by atoms with Crippen molar-refractivity contribution >= 4 is 0 Å². The normalized spacial score (nSPS) is 19.1. The zero-order valence-electron chi connectivity index (χ0n) is 45.9. The topological polar surface area (TPSA) is 175 Å². The van der Waals surface area contributed by atoms with Gasteiger partial charge in [-0.25, -0.2) is 0 Å². The highest BCUT2D eigenvalue weighted by Crippen LogP contribution is 2.18. The van der Waals surface area contributed by atoms with Crippen LogP contribution in [0.15, 0.2) is 95.3 Å². The van der Waals surface area contributed by atoms with Crippen LogP contribution in [-0.2, 0) is 18.9 Å². The van der Waals surface area contributed by atoms with Crippen LogP contribution in [0, 0.1) is 0 Å². The maximum absolute atomic E-state index is 8.79. The van der Waals surface area contributed by atoms with E-state index in [-0.39, 0.29) is 31.4 Å². The molecule has 3 aliphatic rings. The van der Waals surface area contributed by atoms with Crippen molar-refractivity contribution in [1.82, 2.24) is 0 Å². The molecule has 0 radical (unpaired) electrons. The Balaban J connectivity index is 0.00000118. The number of allylic oxidation sites excluding steroid dienone is 14. The molecule has 0 aromatic heterocycles. The van der Waals surface area contributed by atoms with Crippen LogP contribution in [0.4, 0.5) is 0 Å². The minimum absolute atomic E-state index is 0.0646. The molecule has 0 aromatic rings. The van der Waals surface area contributed by atoms with E-state index in [1.165, 1.54) is 77.0 Å². The van der Waals surface area contributed by atoms with Crippen LogP contribution >= 0.6 is 0 Å². The van der Waals surface area contributed by atoms with Crippen LogP contribution < -0.4 is 0 Å². The summed E-state index contributed by atoms with van der Waals surface area (Å²) < 4.78 is 22.2. The van der Waals surface area contributed by atoms with Gasteiger partial charge in [0, 0.05) is 21.9 Å². The van der Waals surface area contributed by atoms with Crippen LogP contribution in [0.25, 0.3) is 20.9 Å². The van der Waals surface area contributed by atoms with E-state index in [1.807, 2.05) is 6.92 Å². The molecule has 0 saturated carbocycles. The monoisotopic (exact) mass is 1010 g/mol. The van der Waals surface area contributed by atoms with E-state index in [0.717, 1.165) is 128 Å². The fraction of sp³-hybridized carbons (Fsp3) is 0.767. The van der Waals surface area contributed by atoms with Crippen LogP contribution in [0.3, 0.4) is 0 Å². The Labute approximate surface area is 440 Å². The van der Waals surface area contributed by atoms with E-state index in [2.05, 4.69) is 112 Å². The van der Waals surface area contributed by atoms with Gasteiger partial charge >= 0.3 is 0 Å². The molecule has 0 amide bonds. The van der Waals surface area contributed by atoms with Gasteiger partial charge in [-0.1, -0.05) is 121 Å². The van der Waals surface area contributed by atoms with Crippen molar-refractivity contribution in [3.05, 3.63) is 106 Å². The molecule has 4 atom stereocenters. The maximum atomic E-state index is 8.79. The number of ether oxygens (including phenoxy) is 4. The Morgan fingerprint density at radius 2 is 1.03 bits per heavy atom. The standard InChI is InChI=1S/C32H57N3O3.C12H22O3.C8H13N3.C8H14/c1-3-5-7-21-25-32(38-30-29-37-28-27-36)26-22-18-16-14-12-10-8-9-11-13-15-17-20-24-31(34-35-33)23-19-6-4-2;13-8-9-14-10-11-15-12-6-4-2-1-3-5-7-12;9-11-10-8-6-4-2-1-3-5-7-8;1-2-4-6-8-7-5-3-1/h3-6,13,15-16,18,31-32,36H,7-12,14,17,19-30H2,1-2H3;1-2,12-13H,3-11H2;1-2,8H,3-7H2;1-2H,3-8H2/b5-3?,6-4?,15-13+,18-16+;2*2-1-;. The van der Waals surface area contributed by atoms with Gasteiger partial charge in [0.25, 0.3) is 0 Å². The van der Waals surface area contributed by atoms with E-state index >= 15 is 0 Å². The average molecular weight is 1010 g/mol. The molecule has 0 aromatic carbocycles. The summed E-state index contributed by atoms with van der Waals surface area (Å²) in [5.74, 6) is 0. The molecular formula is C60H106N6O6. The molecule has 0 heterocycles. The molecular weight excluding hydrogens is 901 g/mol. The predicted octanol–water partition coefficient (Wildman–Crippen LogP) is 17.5. The smallest absolute Gasteiger partial charge is 0.0704 e. The Bertz CT molecular complexity index is 1440. The zero-order valence-corrected chi connectivity index (χ0v) is 45.9. The van der Waals surface area contributed by atoms with Gasteiger partial charge in [-0.3, -0.25) is 0 Å². The van der Waals surface area contributed by atoms with Gasteiger partial charge in [-0.15, -0.1) is 0 Å². The molecule has 12 nitrogen and oxygen atoms in total. The largest absolute Gasteiger partial charge is 0.394 e. The van der Waals surface area contributed by atoms with Crippen LogP contribution in [0.1, 0.15) is 219 Å². The van der Waals surface area contributed by atoms with Gasteiger partial charge in [0.1, 0.15) is 0 Å². The highest BCUT2D eigenvalue weighted by Gasteiger charge is 2.10. The maximum Gasteiger partial charge on any atom is 0.0704 e. The van der Waals surface area contributed by atoms with E-state index in [1.54, 1.807) is 0 Å². The summed E-state index contributed by atoms with van der Waals surface area (Å²) in [6.45, 7) is 7.43. The van der Waals surface area contributed by atoms with Gasteiger partial charge in [-0.05, 0) is 205 Å². The first-order valence-corrected chi connectivity index (χ1v) is 28.8. The third-order valence-corrected chi connectivity index (χ3v) is 12.6. The minimum Gasteiger partial charge on any atom is -0.394 e. The lowest BCUT2D eigenvalue weighted by atomic mass is 10.0. The van der Waals surface area contributed by atoms with Crippen LogP contribution in [0.5, 0.6) is 0 Å². The van der Waals surface area contributed by atoms with E-state index in [9.17, 15) is 0 Å². The quantitative estimate of drug-likeness (QED) is 0.0210. The predicted molar refractivity (Wildman–Crippen MR) is 304 cm³/mol. The molecule has 0 aliphatic heterocycles. The summed E-state index contributed by atoms with van der Waals surface area (Å²) in [6, 6.07) is 0.370. The number of aliphatic hydroxyl groups is 2. The first-order chi connectivity index (χ1) is 35.6. The summed E-state index contributed by atoms with van der Waals surface area (Å²) in [5, 5.41) is 25.0. The molecule has 0 spiro atoms. The lowest BCUT2D eigenvalue weighted by Crippen LogP contribution is -2.17. The fourth-order valence-electron chi connectivity index (χ4n) is 8.45. The third kappa shape index (κ3) is 52.9. The zero-order chi connectivity index (χ0) is 52.2. The van der Waals surface area contributed by atoms with Gasteiger partial charge in [0.2, 0.25) is 0 Å². The molecule has 0 fully saturated rings. The molecule has 2 N–H and O–H groups in total. The third-order valence-electron chi connectivity index (χ3n) is 12.6. The molecule has 3 aliphatic carbocycles. The number of hydrogen-bond acceptors (Lipinski definition) is 8. The molecule has 4 unspecified atom stereocenters.